The van der Waals surface area contributed by atoms with Crippen LogP contribution in [0, 0.1) is 11.8 Å². The van der Waals surface area contributed by atoms with Gasteiger partial charge in [-0.25, -0.2) is 13.1 Å². The lowest BCUT2D eigenvalue weighted by Gasteiger charge is -2.19. The number of sulfonamides is 1. The minimum Gasteiger partial charge on any atom is -0.452 e. The van der Waals surface area contributed by atoms with E-state index in [1.807, 2.05) is 6.92 Å². The van der Waals surface area contributed by atoms with E-state index >= 15 is 0 Å². The Morgan fingerprint density at radius 1 is 1.38 bits per heavy atom. The number of nitrogens with one attached hydrogen (secondary N) is 2. The van der Waals surface area contributed by atoms with Gasteiger partial charge in [0.15, 0.2) is 4.67 Å². The molecule has 0 spiro atoms. The highest BCUT2D eigenvalue weighted by atomic mass is 79.9. The van der Waals surface area contributed by atoms with E-state index in [0.717, 1.165) is 19.4 Å². The Morgan fingerprint density at radius 2 is 2.10 bits per heavy atom. The molecule has 0 amide bonds. The molecule has 1 aliphatic carbocycles. The number of halogens is 1. The predicted molar refractivity (Wildman–Crippen MR) is 85.5 cm³/mol. The molecule has 1 aromatic rings. The molecule has 5 nitrogen and oxygen atoms in total. The summed E-state index contributed by atoms with van der Waals surface area (Å²) in [7, 11) is -3.55. The molecular weight excluding hydrogens is 356 g/mol. The summed E-state index contributed by atoms with van der Waals surface area (Å²) in [4.78, 5) is 0.183. The maximum absolute atomic E-state index is 12.5. The van der Waals surface area contributed by atoms with Gasteiger partial charge in [-0.1, -0.05) is 20.8 Å². The number of rotatable bonds is 6. The first-order valence-corrected chi connectivity index (χ1v) is 9.64. The summed E-state index contributed by atoms with van der Waals surface area (Å²) < 4.78 is 33.6. The molecule has 7 heteroatoms. The summed E-state index contributed by atoms with van der Waals surface area (Å²) in [5, 5.41) is 3.11. The van der Waals surface area contributed by atoms with E-state index in [0.29, 0.717) is 24.1 Å². The average molecular weight is 379 g/mol. The van der Waals surface area contributed by atoms with Crippen LogP contribution in [0.2, 0.25) is 0 Å². The molecule has 3 atom stereocenters. The zero-order valence-corrected chi connectivity index (χ0v) is 15.1. The topological polar surface area (TPSA) is 71.3 Å². The molecule has 0 bridgehead atoms. The van der Waals surface area contributed by atoms with Crippen LogP contribution in [0.3, 0.4) is 0 Å². The van der Waals surface area contributed by atoms with Gasteiger partial charge in [0.2, 0.25) is 10.0 Å². The maximum Gasteiger partial charge on any atom is 0.245 e. The first-order valence-electron chi connectivity index (χ1n) is 7.36. The van der Waals surface area contributed by atoms with Crippen molar-refractivity contribution < 1.29 is 12.8 Å². The Hall–Kier alpha value is -0.370. The molecule has 120 valence electrons. The van der Waals surface area contributed by atoms with Gasteiger partial charge < -0.3 is 9.73 Å². The predicted octanol–water partition coefficient (Wildman–Crippen LogP) is 2.86. The van der Waals surface area contributed by atoms with Crippen molar-refractivity contribution >= 4 is 26.0 Å². The Morgan fingerprint density at radius 3 is 2.67 bits per heavy atom. The van der Waals surface area contributed by atoms with Crippen LogP contribution in [-0.2, 0) is 16.6 Å². The number of hydrogen-bond donors (Lipinski definition) is 2. The molecule has 2 N–H and O–H groups in total. The molecule has 1 fully saturated rings. The summed E-state index contributed by atoms with van der Waals surface area (Å²) in [6.45, 7) is 7.57. The molecule has 1 saturated carbocycles. The van der Waals surface area contributed by atoms with Gasteiger partial charge in [-0.05, 0) is 47.2 Å². The van der Waals surface area contributed by atoms with E-state index < -0.39 is 10.0 Å². The van der Waals surface area contributed by atoms with E-state index in [1.54, 1.807) is 6.07 Å². The molecule has 3 unspecified atom stereocenters. The second-order valence-corrected chi connectivity index (χ2v) is 8.18. The standard InChI is InChI=1S/C14H23BrN2O3S/c1-4-16-8-11-7-13(14(15)20-11)21(18,19)17-12-6-5-9(2)10(12)3/h7,9-10,12,16-17H,4-6,8H2,1-3H3. The lowest BCUT2D eigenvalue weighted by atomic mass is 9.98. The number of furan rings is 1. The van der Waals surface area contributed by atoms with Gasteiger partial charge in [-0.3, -0.25) is 0 Å². The summed E-state index contributed by atoms with van der Waals surface area (Å²) in [5.41, 5.74) is 0. The highest BCUT2D eigenvalue weighted by Crippen LogP contribution is 2.33. The minimum atomic E-state index is -3.55. The van der Waals surface area contributed by atoms with Crippen molar-refractivity contribution in [3.05, 3.63) is 16.5 Å². The molecule has 1 heterocycles. The molecular formula is C14H23BrN2O3S. The molecule has 0 aliphatic heterocycles. The highest BCUT2D eigenvalue weighted by molar-refractivity contribution is 9.10. The Bertz CT molecular complexity index is 585. The van der Waals surface area contributed by atoms with E-state index in [9.17, 15) is 8.42 Å². The van der Waals surface area contributed by atoms with E-state index in [1.165, 1.54) is 0 Å². The Kier molecular flexibility index (Phi) is 5.51. The van der Waals surface area contributed by atoms with Gasteiger partial charge in [0, 0.05) is 12.1 Å². The fourth-order valence-corrected chi connectivity index (χ4v) is 5.07. The molecule has 21 heavy (non-hydrogen) atoms. The van der Waals surface area contributed by atoms with Gasteiger partial charge in [-0.15, -0.1) is 0 Å². The monoisotopic (exact) mass is 378 g/mol. The van der Waals surface area contributed by atoms with Crippen molar-refractivity contribution in [3.63, 3.8) is 0 Å². The van der Waals surface area contributed by atoms with E-state index in [-0.39, 0.29) is 15.6 Å². The summed E-state index contributed by atoms with van der Waals surface area (Å²) in [6, 6.07) is 1.59. The first kappa shape index (κ1) is 17.0. The molecule has 1 aliphatic rings. The molecule has 2 rings (SSSR count). The van der Waals surface area contributed by atoms with Crippen LogP contribution < -0.4 is 10.0 Å². The third-order valence-electron chi connectivity index (χ3n) is 4.32. The Balaban J connectivity index is 2.14. The van der Waals surface area contributed by atoms with Crippen LogP contribution in [-0.4, -0.2) is 21.0 Å². The zero-order valence-electron chi connectivity index (χ0n) is 12.6. The maximum atomic E-state index is 12.5. The quantitative estimate of drug-likeness (QED) is 0.798. The zero-order chi connectivity index (χ0) is 15.6. The lowest BCUT2D eigenvalue weighted by molar-refractivity contribution is 0.401. The van der Waals surface area contributed by atoms with Crippen LogP contribution in [0.25, 0.3) is 0 Å². The van der Waals surface area contributed by atoms with E-state index in [2.05, 4.69) is 39.8 Å². The van der Waals surface area contributed by atoms with Crippen molar-refractivity contribution in [2.24, 2.45) is 11.8 Å². The average Bonchev–Trinajstić information content (AvgIpc) is 2.94. The molecule has 0 aromatic carbocycles. The normalized spacial score (nSPS) is 26.4. The second-order valence-electron chi connectivity index (χ2n) is 5.77. The van der Waals surface area contributed by atoms with Crippen LogP contribution in [0.5, 0.6) is 0 Å². The van der Waals surface area contributed by atoms with Crippen molar-refractivity contribution in [3.8, 4) is 0 Å². The largest absolute Gasteiger partial charge is 0.452 e. The van der Waals surface area contributed by atoms with Gasteiger partial charge in [0.25, 0.3) is 0 Å². The second kappa shape index (κ2) is 6.81. The fourth-order valence-electron chi connectivity index (χ4n) is 2.71. The van der Waals surface area contributed by atoms with Gasteiger partial charge in [0.1, 0.15) is 10.7 Å². The van der Waals surface area contributed by atoms with Crippen LogP contribution in [0.1, 0.15) is 39.4 Å². The summed E-state index contributed by atoms with van der Waals surface area (Å²) in [6.07, 6.45) is 1.95. The minimum absolute atomic E-state index is 0.00372. The number of hydrogen-bond acceptors (Lipinski definition) is 4. The van der Waals surface area contributed by atoms with Crippen LogP contribution >= 0.6 is 15.9 Å². The van der Waals surface area contributed by atoms with Crippen molar-refractivity contribution in [2.45, 2.75) is 51.1 Å². The highest BCUT2D eigenvalue weighted by Gasteiger charge is 2.34. The smallest absolute Gasteiger partial charge is 0.245 e. The Labute approximate surface area is 135 Å². The van der Waals surface area contributed by atoms with Gasteiger partial charge in [-0.2, -0.15) is 0 Å². The van der Waals surface area contributed by atoms with Crippen molar-refractivity contribution in [2.75, 3.05) is 6.54 Å². The lowest BCUT2D eigenvalue weighted by Crippen LogP contribution is -2.37. The van der Waals surface area contributed by atoms with Crippen molar-refractivity contribution in [1.82, 2.24) is 10.0 Å². The fraction of sp³-hybridized carbons (Fsp3) is 0.714. The molecule has 1 aromatic heterocycles. The van der Waals surface area contributed by atoms with Gasteiger partial charge >= 0.3 is 0 Å². The van der Waals surface area contributed by atoms with Crippen molar-refractivity contribution in [1.29, 1.82) is 0 Å². The van der Waals surface area contributed by atoms with E-state index in [4.69, 9.17) is 4.42 Å². The van der Waals surface area contributed by atoms with Gasteiger partial charge in [0.05, 0.1) is 6.54 Å². The SMILES string of the molecule is CCNCc1cc(S(=O)(=O)NC2CCC(C)C2C)c(Br)o1. The summed E-state index contributed by atoms with van der Waals surface area (Å²) in [5.74, 6) is 1.51. The summed E-state index contributed by atoms with van der Waals surface area (Å²) >= 11 is 3.21. The molecule has 0 saturated heterocycles. The van der Waals surface area contributed by atoms with Crippen LogP contribution in [0.4, 0.5) is 0 Å². The first-order chi connectivity index (χ1) is 9.85. The molecule has 0 radical (unpaired) electrons. The van der Waals surface area contributed by atoms with Crippen LogP contribution in [0.15, 0.2) is 20.0 Å². The third kappa shape index (κ3) is 3.88. The third-order valence-corrected chi connectivity index (χ3v) is 6.66.